The summed E-state index contributed by atoms with van der Waals surface area (Å²) < 4.78 is 9.85. The van der Waals surface area contributed by atoms with E-state index in [1.54, 1.807) is 12.1 Å². The molecule has 1 fully saturated rings. The third-order valence-electron chi connectivity index (χ3n) is 4.48. The average molecular weight is 340 g/mol. The summed E-state index contributed by atoms with van der Waals surface area (Å²) >= 11 is 0. The fourth-order valence-electron chi connectivity index (χ4n) is 3.01. The van der Waals surface area contributed by atoms with Crippen LogP contribution in [-0.4, -0.2) is 36.9 Å². The maximum atomic E-state index is 11.7. The first-order chi connectivity index (χ1) is 12.1. The fraction of sp³-hybridized carbons (Fsp3) is 0.300. The first kappa shape index (κ1) is 17.2. The van der Waals surface area contributed by atoms with Crippen molar-refractivity contribution in [1.82, 2.24) is 0 Å². The van der Waals surface area contributed by atoms with Crippen LogP contribution >= 0.6 is 0 Å². The molecule has 1 aliphatic heterocycles. The van der Waals surface area contributed by atoms with Crippen molar-refractivity contribution in [1.29, 1.82) is 0 Å². The maximum Gasteiger partial charge on any atom is 0.337 e. The maximum absolute atomic E-state index is 11.7. The summed E-state index contributed by atoms with van der Waals surface area (Å²) in [6.07, 6.45) is 1.23. The first-order valence-corrected chi connectivity index (χ1v) is 8.21. The summed E-state index contributed by atoms with van der Waals surface area (Å²) in [4.78, 5) is 22.9. The number of methoxy groups -OCH3 is 1. The number of hydrogen-bond acceptors (Lipinski definition) is 5. The van der Waals surface area contributed by atoms with Crippen LogP contribution in [0.15, 0.2) is 48.5 Å². The Bertz CT molecular complexity index is 783. The van der Waals surface area contributed by atoms with E-state index < -0.39 is 0 Å². The number of aliphatic hydroxyl groups is 1. The van der Waals surface area contributed by atoms with Gasteiger partial charge in [0.25, 0.3) is 0 Å². The Labute approximate surface area is 146 Å². The largest absolute Gasteiger partial charge is 0.465 e. The van der Waals surface area contributed by atoms with Crippen LogP contribution in [0.4, 0.5) is 0 Å². The number of cyclic esters (lactones) is 1. The molecular weight excluding hydrogens is 320 g/mol. The molecule has 0 spiro atoms. The van der Waals surface area contributed by atoms with Crippen LogP contribution in [0.2, 0.25) is 0 Å². The number of esters is 2. The molecule has 5 nitrogen and oxygen atoms in total. The zero-order valence-corrected chi connectivity index (χ0v) is 14.0. The fourth-order valence-corrected chi connectivity index (χ4v) is 3.01. The normalized spacial score (nSPS) is 19.0. The van der Waals surface area contributed by atoms with Crippen LogP contribution in [0, 0.1) is 5.92 Å². The lowest BCUT2D eigenvalue weighted by molar-refractivity contribution is -0.188. The second kappa shape index (κ2) is 7.49. The third kappa shape index (κ3) is 3.72. The Morgan fingerprint density at radius 3 is 2.56 bits per heavy atom. The van der Waals surface area contributed by atoms with Gasteiger partial charge >= 0.3 is 11.9 Å². The van der Waals surface area contributed by atoms with E-state index in [1.165, 1.54) is 7.11 Å². The highest BCUT2D eigenvalue weighted by Crippen LogP contribution is 2.27. The van der Waals surface area contributed by atoms with Gasteiger partial charge in [-0.25, -0.2) is 4.79 Å². The molecule has 0 amide bonds. The van der Waals surface area contributed by atoms with Gasteiger partial charge < -0.3 is 14.6 Å². The van der Waals surface area contributed by atoms with Gasteiger partial charge in [0.2, 0.25) is 0 Å². The summed E-state index contributed by atoms with van der Waals surface area (Å²) in [6, 6.07) is 15.3. The van der Waals surface area contributed by atoms with Gasteiger partial charge in [-0.3, -0.25) is 4.79 Å². The molecular formula is C20H20O5. The van der Waals surface area contributed by atoms with E-state index in [0.29, 0.717) is 12.0 Å². The molecule has 0 bridgehead atoms. The number of ether oxygens (including phenoxy) is 2. The van der Waals surface area contributed by atoms with Gasteiger partial charge in [0.05, 0.1) is 19.3 Å². The molecule has 0 unspecified atom stereocenters. The van der Waals surface area contributed by atoms with E-state index in [1.807, 2.05) is 30.3 Å². The Morgan fingerprint density at radius 1 is 1.16 bits per heavy atom. The molecule has 5 heteroatoms. The Hall–Kier alpha value is -2.66. The monoisotopic (exact) mass is 340 g/mol. The minimum absolute atomic E-state index is 0.163. The summed E-state index contributed by atoms with van der Waals surface area (Å²) in [7, 11) is 1.36. The van der Waals surface area contributed by atoms with E-state index in [2.05, 4.69) is 6.07 Å². The van der Waals surface area contributed by atoms with Gasteiger partial charge in [-0.05, 0) is 41.7 Å². The van der Waals surface area contributed by atoms with Gasteiger partial charge in [0, 0.05) is 0 Å². The van der Waals surface area contributed by atoms with Gasteiger partial charge in [-0.2, -0.15) is 0 Å². The van der Waals surface area contributed by atoms with E-state index in [4.69, 9.17) is 14.6 Å². The molecule has 1 aliphatic rings. The first-order valence-electron chi connectivity index (χ1n) is 8.21. The lowest BCUT2D eigenvalue weighted by atomic mass is 9.91. The highest BCUT2D eigenvalue weighted by molar-refractivity contribution is 5.91. The number of rotatable bonds is 6. The number of benzene rings is 2. The average Bonchev–Trinajstić information content (AvgIpc) is 2.65. The van der Waals surface area contributed by atoms with Crippen LogP contribution in [0.25, 0.3) is 11.1 Å². The molecule has 1 N–H and O–H groups in total. The number of aliphatic hydroxyl groups excluding tert-OH is 1. The molecule has 0 radical (unpaired) electrons. The Morgan fingerprint density at radius 2 is 1.88 bits per heavy atom. The third-order valence-corrected chi connectivity index (χ3v) is 4.48. The lowest BCUT2D eigenvalue weighted by Gasteiger charge is -2.33. The van der Waals surface area contributed by atoms with Crippen molar-refractivity contribution in [2.24, 2.45) is 5.92 Å². The van der Waals surface area contributed by atoms with Crippen molar-refractivity contribution in [3.05, 3.63) is 59.7 Å². The summed E-state index contributed by atoms with van der Waals surface area (Å²) in [5, 5.41) is 9.17. The van der Waals surface area contributed by atoms with Gasteiger partial charge in [-0.15, -0.1) is 0 Å². The summed E-state index contributed by atoms with van der Waals surface area (Å²) in [6.45, 7) is -0.163. The van der Waals surface area contributed by atoms with E-state index in [-0.39, 0.29) is 30.6 Å². The van der Waals surface area contributed by atoms with Crippen LogP contribution < -0.4 is 0 Å². The molecule has 1 saturated heterocycles. The van der Waals surface area contributed by atoms with Crippen molar-refractivity contribution in [3.8, 4) is 11.1 Å². The van der Waals surface area contributed by atoms with Crippen LogP contribution in [0.1, 0.15) is 22.3 Å². The molecule has 1 heterocycles. The topological polar surface area (TPSA) is 72.8 Å². The standard InChI is InChI=1S/C20H20O5/c1-24-19(22)16-7-3-6-15(11-16)14-5-2-4-13(10-14)8-9-18-17(12-21)20(23)25-18/h2-7,10-11,17-18,21H,8-9,12H2,1H3/t17-,18-/m1/s1. The van der Waals surface area contributed by atoms with Gasteiger partial charge in [-0.1, -0.05) is 36.4 Å². The highest BCUT2D eigenvalue weighted by atomic mass is 16.6. The molecule has 0 aliphatic carbocycles. The molecule has 130 valence electrons. The van der Waals surface area contributed by atoms with Crippen molar-refractivity contribution >= 4 is 11.9 Å². The van der Waals surface area contributed by atoms with Crippen molar-refractivity contribution in [2.75, 3.05) is 13.7 Å². The molecule has 0 saturated carbocycles. The summed E-state index contributed by atoms with van der Waals surface area (Å²) in [5.74, 6) is -1.07. The number of hydrogen-bond donors (Lipinski definition) is 1. The zero-order chi connectivity index (χ0) is 17.8. The lowest BCUT2D eigenvalue weighted by Crippen LogP contribution is -2.47. The second-order valence-electron chi connectivity index (χ2n) is 6.08. The van der Waals surface area contributed by atoms with E-state index in [9.17, 15) is 9.59 Å². The van der Waals surface area contributed by atoms with Crippen LogP contribution in [-0.2, 0) is 20.7 Å². The second-order valence-corrected chi connectivity index (χ2v) is 6.08. The van der Waals surface area contributed by atoms with Crippen molar-refractivity contribution in [2.45, 2.75) is 18.9 Å². The predicted molar refractivity (Wildman–Crippen MR) is 92.0 cm³/mol. The number of carbonyl (C=O) groups excluding carboxylic acids is 2. The SMILES string of the molecule is COC(=O)c1cccc(-c2cccc(CC[C@H]3OC(=O)[C@@H]3CO)c2)c1. The Kier molecular flexibility index (Phi) is 5.14. The van der Waals surface area contributed by atoms with E-state index >= 15 is 0 Å². The molecule has 2 aromatic rings. The van der Waals surface area contributed by atoms with Crippen LogP contribution in [0.3, 0.4) is 0 Å². The minimum atomic E-state index is -0.389. The van der Waals surface area contributed by atoms with Crippen LogP contribution in [0.5, 0.6) is 0 Å². The van der Waals surface area contributed by atoms with E-state index in [0.717, 1.165) is 23.1 Å². The number of carbonyl (C=O) groups is 2. The predicted octanol–water partition coefficient (Wildman–Crippen LogP) is 2.61. The molecule has 3 rings (SSSR count). The van der Waals surface area contributed by atoms with Crippen molar-refractivity contribution in [3.63, 3.8) is 0 Å². The smallest absolute Gasteiger partial charge is 0.337 e. The minimum Gasteiger partial charge on any atom is -0.465 e. The molecule has 2 atom stereocenters. The van der Waals surface area contributed by atoms with Gasteiger partial charge in [0.1, 0.15) is 12.0 Å². The molecule has 25 heavy (non-hydrogen) atoms. The Balaban J connectivity index is 1.71. The van der Waals surface area contributed by atoms with Crippen molar-refractivity contribution < 1.29 is 24.2 Å². The molecule has 2 aromatic carbocycles. The highest BCUT2D eigenvalue weighted by Gasteiger charge is 2.41. The quantitative estimate of drug-likeness (QED) is 0.819. The summed E-state index contributed by atoms with van der Waals surface area (Å²) in [5.41, 5.74) is 3.57. The van der Waals surface area contributed by atoms with Gasteiger partial charge in [0.15, 0.2) is 0 Å². The molecule has 0 aromatic heterocycles. The number of aryl methyl sites for hydroxylation is 1. The zero-order valence-electron chi connectivity index (χ0n) is 14.0.